The van der Waals surface area contributed by atoms with Crippen molar-refractivity contribution in [3.63, 3.8) is 0 Å². The van der Waals surface area contributed by atoms with Crippen LogP contribution in [0.2, 0.25) is 0 Å². The minimum Gasteiger partial charge on any atom is -0.314 e. The Kier molecular flexibility index (Phi) is 5.07. The lowest BCUT2D eigenvalue weighted by Gasteiger charge is -2.32. The molecule has 1 unspecified atom stereocenters. The fourth-order valence-corrected chi connectivity index (χ4v) is 2.95. The molecule has 94 valence electrons. The SMILES string of the molecule is CCCCCN1CCC(N2CCNCC2)C1. The molecule has 0 radical (unpaired) electrons. The van der Waals surface area contributed by atoms with Crippen molar-refractivity contribution in [1.82, 2.24) is 15.1 Å². The lowest BCUT2D eigenvalue weighted by atomic mass is 10.2. The fraction of sp³-hybridized carbons (Fsp3) is 1.00. The second-order valence-corrected chi connectivity index (χ2v) is 5.24. The van der Waals surface area contributed by atoms with Crippen LogP contribution in [0.15, 0.2) is 0 Å². The smallest absolute Gasteiger partial charge is 0.0236 e. The number of nitrogens with one attached hydrogen (secondary N) is 1. The van der Waals surface area contributed by atoms with Gasteiger partial charge in [-0.1, -0.05) is 19.8 Å². The van der Waals surface area contributed by atoms with Gasteiger partial charge in [0.15, 0.2) is 0 Å². The monoisotopic (exact) mass is 225 g/mol. The Morgan fingerprint density at radius 3 is 2.69 bits per heavy atom. The quantitative estimate of drug-likeness (QED) is 0.708. The molecule has 2 saturated heterocycles. The normalized spacial score (nSPS) is 28.7. The van der Waals surface area contributed by atoms with Crippen molar-refractivity contribution < 1.29 is 0 Å². The van der Waals surface area contributed by atoms with E-state index < -0.39 is 0 Å². The van der Waals surface area contributed by atoms with Gasteiger partial charge in [0.25, 0.3) is 0 Å². The average molecular weight is 225 g/mol. The van der Waals surface area contributed by atoms with Crippen LogP contribution in [0.1, 0.15) is 32.6 Å². The molecule has 1 N–H and O–H groups in total. The molecule has 0 saturated carbocycles. The summed E-state index contributed by atoms with van der Waals surface area (Å²) in [5, 5.41) is 3.44. The van der Waals surface area contributed by atoms with E-state index in [1.54, 1.807) is 0 Å². The van der Waals surface area contributed by atoms with Gasteiger partial charge in [-0.3, -0.25) is 4.90 Å². The molecule has 0 bridgehead atoms. The highest BCUT2D eigenvalue weighted by atomic mass is 15.3. The molecular weight excluding hydrogens is 198 g/mol. The third-order valence-corrected chi connectivity index (χ3v) is 3.99. The van der Waals surface area contributed by atoms with Gasteiger partial charge in [0.05, 0.1) is 0 Å². The zero-order chi connectivity index (χ0) is 11.2. The lowest BCUT2D eigenvalue weighted by molar-refractivity contribution is 0.171. The summed E-state index contributed by atoms with van der Waals surface area (Å²) in [7, 11) is 0. The van der Waals surface area contributed by atoms with Gasteiger partial charge in [-0.05, 0) is 25.9 Å². The molecule has 3 heteroatoms. The Morgan fingerprint density at radius 1 is 1.12 bits per heavy atom. The number of hydrogen-bond acceptors (Lipinski definition) is 3. The van der Waals surface area contributed by atoms with Crippen molar-refractivity contribution in [3.8, 4) is 0 Å². The maximum atomic E-state index is 3.44. The first kappa shape index (κ1) is 12.3. The summed E-state index contributed by atoms with van der Waals surface area (Å²) in [6, 6.07) is 0.851. The number of hydrogen-bond donors (Lipinski definition) is 1. The molecule has 16 heavy (non-hydrogen) atoms. The van der Waals surface area contributed by atoms with Crippen LogP contribution in [0.25, 0.3) is 0 Å². The van der Waals surface area contributed by atoms with Crippen LogP contribution in [0.3, 0.4) is 0 Å². The minimum atomic E-state index is 0.851. The Balaban J connectivity index is 1.66. The predicted octanol–water partition coefficient (Wildman–Crippen LogP) is 1.16. The molecule has 3 nitrogen and oxygen atoms in total. The van der Waals surface area contributed by atoms with E-state index in [1.165, 1.54) is 71.5 Å². The Hall–Kier alpha value is -0.120. The standard InChI is InChI=1S/C13H27N3/c1-2-3-4-8-15-9-5-13(12-15)16-10-6-14-7-11-16/h13-14H,2-12H2,1H3. The van der Waals surface area contributed by atoms with Gasteiger partial charge >= 0.3 is 0 Å². The van der Waals surface area contributed by atoms with E-state index in [2.05, 4.69) is 22.0 Å². The highest BCUT2D eigenvalue weighted by molar-refractivity contribution is 4.85. The minimum absolute atomic E-state index is 0.851. The topological polar surface area (TPSA) is 18.5 Å². The number of piperazine rings is 1. The molecule has 1 atom stereocenters. The molecule has 0 aromatic heterocycles. The van der Waals surface area contributed by atoms with Gasteiger partial charge in [0.2, 0.25) is 0 Å². The van der Waals surface area contributed by atoms with Gasteiger partial charge in [-0.25, -0.2) is 0 Å². The van der Waals surface area contributed by atoms with Crippen LogP contribution in [0.4, 0.5) is 0 Å². The zero-order valence-corrected chi connectivity index (χ0v) is 10.7. The summed E-state index contributed by atoms with van der Waals surface area (Å²) in [4.78, 5) is 5.36. The van der Waals surface area contributed by atoms with E-state index in [9.17, 15) is 0 Å². The van der Waals surface area contributed by atoms with Gasteiger partial charge < -0.3 is 10.2 Å². The van der Waals surface area contributed by atoms with Crippen LogP contribution in [-0.4, -0.2) is 61.7 Å². The third-order valence-electron chi connectivity index (χ3n) is 3.99. The summed E-state index contributed by atoms with van der Waals surface area (Å²) in [5.41, 5.74) is 0. The van der Waals surface area contributed by atoms with Crippen molar-refractivity contribution in [2.45, 2.75) is 38.6 Å². The van der Waals surface area contributed by atoms with Crippen molar-refractivity contribution in [2.24, 2.45) is 0 Å². The second kappa shape index (κ2) is 6.58. The first-order chi connectivity index (χ1) is 7.90. The maximum absolute atomic E-state index is 3.44. The molecule has 0 aromatic carbocycles. The van der Waals surface area contributed by atoms with E-state index in [0.717, 1.165) is 6.04 Å². The van der Waals surface area contributed by atoms with Crippen LogP contribution < -0.4 is 5.32 Å². The van der Waals surface area contributed by atoms with Crippen molar-refractivity contribution in [2.75, 3.05) is 45.8 Å². The van der Waals surface area contributed by atoms with Crippen LogP contribution in [0, 0.1) is 0 Å². The second-order valence-electron chi connectivity index (χ2n) is 5.24. The predicted molar refractivity (Wildman–Crippen MR) is 68.8 cm³/mol. The molecular formula is C13H27N3. The highest BCUT2D eigenvalue weighted by Gasteiger charge is 2.27. The Bertz CT molecular complexity index is 190. The molecule has 0 spiro atoms. The molecule has 0 aromatic rings. The Labute approximate surface area is 100 Å². The highest BCUT2D eigenvalue weighted by Crippen LogP contribution is 2.16. The number of rotatable bonds is 5. The zero-order valence-electron chi connectivity index (χ0n) is 10.7. The largest absolute Gasteiger partial charge is 0.314 e. The van der Waals surface area contributed by atoms with E-state index in [4.69, 9.17) is 0 Å². The van der Waals surface area contributed by atoms with E-state index >= 15 is 0 Å². The molecule has 0 aliphatic carbocycles. The number of unbranched alkanes of at least 4 members (excludes halogenated alkanes) is 2. The molecule has 2 heterocycles. The summed E-state index contributed by atoms with van der Waals surface area (Å²) in [6.07, 6.45) is 5.53. The van der Waals surface area contributed by atoms with Crippen LogP contribution in [0.5, 0.6) is 0 Å². The molecule has 2 fully saturated rings. The summed E-state index contributed by atoms with van der Waals surface area (Å²) < 4.78 is 0. The first-order valence-corrected chi connectivity index (χ1v) is 7.07. The van der Waals surface area contributed by atoms with E-state index in [1.807, 2.05) is 0 Å². The molecule has 2 rings (SSSR count). The third kappa shape index (κ3) is 3.44. The molecule has 2 aliphatic heterocycles. The van der Waals surface area contributed by atoms with Gasteiger partial charge in [0.1, 0.15) is 0 Å². The molecule has 0 amide bonds. The van der Waals surface area contributed by atoms with Gasteiger partial charge in [-0.15, -0.1) is 0 Å². The van der Waals surface area contributed by atoms with Crippen molar-refractivity contribution >= 4 is 0 Å². The van der Waals surface area contributed by atoms with E-state index in [0.29, 0.717) is 0 Å². The lowest BCUT2D eigenvalue weighted by Crippen LogP contribution is -2.49. The molecule has 2 aliphatic rings. The summed E-state index contributed by atoms with van der Waals surface area (Å²) >= 11 is 0. The van der Waals surface area contributed by atoms with Crippen molar-refractivity contribution in [1.29, 1.82) is 0 Å². The van der Waals surface area contributed by atoms with Crippen molar-refractivity contribution in [3.05, 3.63) is 0 Å². The van der Waals surface area contributed by atoms with Gasteiger partial charge in [0, 0.05) is 38.8 Å². The summed E-state index contributed by atoms with van der Waals surface area (Å²) in [5.74, 6) is 0. The maximum Gasteiger partial charge on any atom is 0.0236 e. The van der Waals surface area contributed by atoms with Crippen LogP contribution in [-0.2, 0) is 0 Å². The van der Waals surface area contributed by atoms with Gasteiger partial charge in [-0.2, -0.15) is 0 Å². The number of nitrogens with zero attached hydrogens (tertiary/aromatic N) is 2. The number of likely N-dealkylation sites (tertiary alicyclic amines) is 1. The average Bonchev–Trinajstić information content (AvgIpc) is 2.79. The van der Waals surface area contributed by atoms with E-state index in [-0.39, 0.29) is 0 Å². The first-order valence-electron chi connectivity index (χ1n) is 7.07. The fourth-order valence-electron chi connectivity index (χ4n) is 2.95. The summed E-state index contributed by atoms with van der Waals surface area (Å²) in [6.45, 7) is 11.2. The Morgan fingerprint density at radius 2 is 1.94 bits per heavy atom. The van der Waals surface area contributed by atoms with Crippen LogP contribution >= 0.6 is 0 Å².